The number of hydrogen-bond donors (Lipinski definition) is 2. The second-order valence-electron chi connectivity index (χ2n) is 6.31. The lowest BCUT2D eigenvalue weighted by Crippen LogP contribution is -2.20. The molecule has 0 heterocycles. The van der Waals surface area contributed by atoms with E-state index in [0.29, 0.717) is 28.0 Å². The minimum absolute atomic E-state index is 0.185. The van der Waals surface area contributed by atoms with Crippen LogP contribution in [0, 0.1) is 6.92 Å². The molecule has 28 heavy (non-hydrogen) atoms. The summed E-state index contributed by atoms with van der Waals surface area (Å²) in [4.78, 5) is 12.0. The van der Waals surface area contributed by atoms with Crippen LogP contribution in [-0.4, -0.2) is 12.5 Å². The molecule has 0 spiro atoms. The standard InChI is InChI=1S/C22H20Cl2N2O2/c1-15-7-9-17(10-8-15)25-13-16-11-19(23)22(20(24)12-16)28-14-21(27)26-18-5-3-2-4-6-18/h2-12,25H,13-14H2,1H3,(H,26,27). The van der Waals surface area contributed by atoms with Gasteiger partial charge in [-0.25, -0.2) is 0 Å². The Bertz CT molecular complexity index is 922. The highest BCUT2D eigenvalue weighted by Gasteiger charge is 2.12. The van der Waals surface area contributed by atoms with Crippen LogP contribution in [0.25, 0.3) is 0 Å². The molecule has 0 fully saturated rings. The van der Waals surface area contributed by atoms with Gasteiger partial charge in [0, 0.05) is 17.9 Å². The predicted octanol–water partition coefficient (Wildman–Crippen LogP) is 5.93. The first-order valence-corrected chi connectivity index (χ1v) is 9.53. The van der Waals surface area contributed by atoms with E-state index in [2.05, 4.69) is 10.6 Å². The molecule has 1 amide bonds. The van der Waals surface area contributed by atoms with Crippen LogP contribution < -0.4 is 15.4 Å². The molecule has 144 valence electrons. The molecule has 0 aliphatic rings. The van der Waals surface area contributed by atoms with E-state index < -0.39 is 0 Å². The molecular formula is C22H20Cl2N2O2. The molecule has 4 nitrogen and oxygen atoms in total. The van der Waals surface area contributed by atoms with Crippen molar-refractivity contribution in [3.63, 3.8) is 0 Å². The van der Waals surface area contributed by atoms with Gasteiger partial charge in [-0.3, -0.25) is 4.79 Å². The van der Waals surface area contributed by atoms with E-state index in [1.54, 1.807) is 24.3 Å². The summed E-state index contributed by atoms with van der Waals surface area (Å²) in [5, 5.41) is 6.79. The van der Waals surface area contributed by atoms with Gasteiger partial charge in [-0.15, -0.1) is 0 Å². The largest absolute Gasteiger partial charge is 0.481 e. The van der Waals surface area contributed by atoms with Crippen molar-refractivity contribution in [2.45, 2.75) is 13.5 Å². The third-order valence-electron chi connectivity index (χ3n) is 4.01. The Balaban J connectivity index is 1.58. The fraction of sp³-hybridized carbons (Fsp3) is 0.136. The minimum atomic E-state index is -0.288. The Labute approximate surface area is 174 Å². The Kier molecular flexibility index (Phi) is 6.80. The van der Waals surface area contributed by atoms with Crippen LogP contribution in [0.4, 0.5) is 11.4 Å². The van der Waals surface area contributed by atoms with E-state index in [9.17, 15) is 4.79 Å². The molecule has 0 aliphatic heterocycles. The minimum Gasteiger partial charge on any atom is -0.481 e. The Morgan fingerprint density at radius 3 is 2.21 bits per heavy atom. The molecule has 3 rings (SSSR count). The maximum Gasteiger partial charge on any atom is 0.262 e. The number of carbonyl (C=O) groups excluding carboxylic acids is 1. The van der Waals surface area contributed by atoms with Gasteiger partial charge in [0.25, 0.3) is 5.91 Å². The average molecular weight is 415 g/mol. The Hall–Kier alpha value is -2.69. The summed E-state index contributed by atoms with van der Waals surface area (Å²) >= 11 is 12.6. The van der Waals surface area contributed by atoms with Gasteiger partial charge in [0.05, 0.1) is 10.0 Å². The van der Waals surface area contributed by atoms with Crippen molar-refractivity contribution in [3.8, 4) is 5.75 Å². The zero-order chi connectivity index (χ0) is 19.9. The molecule has 0 bridgehead atoms. The summed E-state index contributed by atoms with van der Waals surface area (Å²) in [5.74, 6) is 0.00841. The maximum absolute atomic E-state index is 12.0. The Morgan fingerprint density at radius 1 is 0.929 bits per heavy atom. The van der Waals surface area contributed by atoms with Gasteiger partial charge in [0.1, 0.15) is 0 Å². The normalized spacial score (nSPS) is 10.4. The van der Waals surface area contributed by atoms with Crippen molar-refractivity contribution in [3.05, 3.63) is 87.9 Å². The lowest BCUT2D eigenvalue weighted by molar-refractivity contribution is -0.118. The molecule has 0 saturated carbocycles. The van der Waals surface area contributed by atoms with Gasteiger partial charge >= 0.3 is 0 Å². The average Bonchev–Trinajstić information content (AvgIpc) is 2.67. The first-order valence-electron chi connectivity index (χ1n) is 8.77. The van der Waals surface area contributed by atoms with Gasteiger partial charge in [-0.1, -0.05) is 59.1 Å². The number of carbonyl (C=O) groups is 1. The third kappa shape index (κ3) is 5.65. The molecule has 2 N–H and O–H groups in total. The van der Waals surface area contributed by atoms with Crippen molar-refractivity contribution < 1.29 is 9.53 Å². The summed E-state index contributed by atoms with van der Waals surface area (Å²) in [7, 11) is 0. The number of rotatable bonds is 7. The smallest absolute Gasteiger partial charge is 0.262 e. The topological polar surface area (TPSA) is 50.4 Å². The zero-order valence-corrected chi connectivity index (χ0v) is 16.8. The van der Waals surface area contributed by atoms with Crippen molar-refractivity contribution in [2.24, 2.45) is 0 Å². The molecule has 0 radical (unpaired) electrons. The number of nitrogens with one attached hydrogen (secondary N) is 2. The number of amides is 1. The molecule has 3 aromatic carbocycles. The highest BCUT2D eigenvalue weighted by Crippen LogP contribution is 2.34. The third-order valence-corrected chi connectivity index (χ3v) is 4.57. The lowest BCUT2D eigenvalue weighted by Gasteiger charge is -2.13. The number of ether oxygens (including phenoxy) is 1. The Morgan fingerprint density at radius 2 is 1.57 bits per heavy atom. The highest BCUT2D eigenvalue weighted by molar-refractivity contribution is 6.37. The van der Waals surface area contributed by atoms with E-state index in [1.807, 2.05) is 49.4 Å². The summed E-state index contributed by atoms with van der Waals surface area (Å²) in [6, 6.07) is 20.8. The molecule has 0 aromatic heterocycles. The summed E-state index contributed by atoms with van der Waals surface area (Å²) < 4.78 is 5.54. The summed E-state index contributed by atoms with van der Waals surface area (Å²) in [6.45, 7) is 2.43. The van der Waals surface area contributed by atoms with Crippen LogP contribution in [0.5, 0.6) is 5.75 Å². The number of anilines is 2. The van der Waals surface area contributed by atoms with Gasteiger partial charge in [0.15, 0.2) is 12.4 Å². The van der Waals surface area contributed by atoms with Crippen molar-refractivity contribution in [1.82, 2.24) is 0 Å². The SMILES string of the molecule is Cc1ccc(NCc2cc(Cl)c(OCC(=O)Nc3ccccc3)c(Cl)c2)cc1. The molecule has 0 unspecified atom stereocenters. The van der Waals surface area contributed by atoms with Crippen LogP contribution >= 0.6 is 23.2 Å². The number of halogens is 2. The van der Waals surface area contributed by atoms with Gasteiger partial charge in [-0.05, 0) is 48.9 Å². The van der Waals surface area contributed by atoms with Crippen LogP contribution in [0.1, 0.15) is 11.1 Å². The molecule has 0 aliphatic carbocycles. The maximum atomic E-state index is 12.0. The molecule has 0 atom stereocenters. The summed E-state index contributed by atoms with van der Waals surface area (Å²) in [5.41, 5.74) is 3.83. The van der Waals surface area contributed by atoms with E-state index in [1.165, 1.54) is 5.56 Å². The van der Waals surface area contributed by atoms with E-state index in [4.69, 9.17) is 27.9 Å². The fourth-order valence-electron chi connectivity index (χ4n) is 2.58. The second-order valence-corrected chi connectivity index (χ2v) is 7.13. The number of hydrogen-bond acceptors (Lipinski definition) is 3. The number of benzene rings is 3. The van der Waals surface area contributed by atoms with Crippen LogP contribution in [-0.2, 0) is 11.3 Å². The number of aryl methyl sites for hydroxylation is 1. The van der Waals surface area contributed by atoms with E-state index in [0.717, 1.165) is 11.3 Å². The van der Waals surface area contributed by atoms with Gasteiger partial charge in [-0.2, -0.15) is 0 Å². The lowest BCUT2D eigenvalue weighted by atomic mass is 10.2. The van der Waals surface area contributed by atoms with Gasteiger partial charge in [0.2, 0.25) is 0 Å². The second kappa shape index (κ2) is 9.49. The molecular weight excluding hydrogens is 395 g/mol. The first kappa shape index (κ1) is 20.1. The molecule has 0 saturated heterocycles. The zero-order valence-electron chi connectivity index (χ0n) is 15.3. The van der Waals surface area contributed by atoms with Crippen LogP contribution in [0.3, 0.4) is 0 Å². The molecule has 6 heteroatoms. The van der Waals surface area contributed by atoms with E-state index >= 15 is 0 Å². The van der Waals surface area contributed by atoms with Crippen LogP contribution in [0.15, 0.2) is 66.7 Å². The molecule has 3 aromatic rings. The van der Waals surface area contributed by atoms with Crippen LogP contribution in [0.2, 0.25) is 10.0 Å². The quantitative estimate of drug-likeness (QED) is 0.503. The van der Waals surface area contributed by atoms with Crippen molar-refractivity contribution in [1.29, 1.82) is 0 Å². The van der Waals surface area contributed by atoms with Crippen molar-refractivity contribution in [2.75, 3.05) is 17.2 Å². The first-order chi connectivity index (χ1) is 13.5. The predicted molar refractivity (Wildman–Crippen MR) is 116 cm³/mol. The number of para-hydroxylation sites is 1. The summed E-state index contributed by atoms with van der Waals surface area (Å²) in [6.07, 6.45) is 0. The highest BCUT2D eigenvalue weighted by atomic mass is 35.5. The monoisotopic (exact) mass is 414 g/mol. The van der Waals surface area contributed by atoms with E-state index in [-0.39, 0.29) is 12.5 Å². The van der Waals surface area contributed by atoms with Crippen molar-refractivity contribution >= 4 is 40.5 Å². The fourth-order valence-corrected chi connectivity index (χ4v) is 3.23. The van der Waals surface area contributed by atoms with Gasteiger partial charge < -0.3 is 15.4 Å².